The van der Waals surface area contributed by atoms with Gasteiger partial charge in [-0.1, -0.05) is 19.8 Å². The molecule has 72 valence electrons. The van der Waals surface area contributed by atoms with Gasteiger partial charge in [-0.25, -0.2) is 0 Å². The van der Waals surface area contributed by atoms with Crippen molar-refractivity contribution in [3.05, 3.63) is 11.3 Å². The summed E-state index contributed by atoms with van der Waals surface area (Å²) in [5, 5.41) is 0. The number of hydrogen-bond acceptors (Lipinski definition) is 2. The van der Waals surface area contributed by atoms with Crippen molar-refractivity contribution in [2.75, 3.05) is 0 Å². The first-order chi connectivity index (χ1) is 6.27. The molecule has 2 aliphatic rings. The highest BCUT2D eigenvalue weighted by molar-refractivity contribution is 5.77. The summed E-state index contributed by atoms with van der Waals surface area (Å²) in [7, 11) is 0. The minimum Gasteiger partial charge on any atom is -0.431 e. The summed E-state index contributed by atoms with van der Waals surface area (Å²) < 4.78 is 5.21. The van der Waals surface area contributed by atoms with Gasteiger partial charge in [-0.3, -0.25) is 4.79 Å². The van der Waals surface area contributed by atoms with Gasteiger partial charge in [-0.15, -0.1) is 0 Å². The van der Waals surface area contributed by atoms with Crippen molar-refractivity contribution >= 4 is 5.97 Å². The zero-order valence-electron chi connectivity index (χ0n) is 8.14. The molecule has 13 heavy (non-hydrogen) atoms. The van der Waals surface area contributed by atoms with Crippen LogP contribution >= 0.6 is 0 Å². The first-order valence-corrected chi connectivity index (χ1v) is 5.20. The second kappa shape index (κ2) is 3.52. The molecule has 2 nitrogen and oxygen atoms in total. The Morgan fingerprint density at radius 2 is 2.15 bits per heavy atom. The van der Waals surface area contributed by atoms with Gasteiger partial charge in [0, 0.05) is 6.42 Å². The van der Waals surface area contributed by atoms with Crippen LogP contribution in [0.4, 0.5) is 0 Å². The van der Waals surface area contributed by atoms with E-state index in [0.717, 1.165) is 12.2 Å². The van der Waals surface area contributed by atoms with Gasteiger partial charge in [-0.05, 0) is 24.3 Å². The Morgan fingerprint density at radius 3 is 3.00 bits per heavy atom. The van der Waals surface area contributed by atoms with Crippen molar-refractivity contribution in [3.8, 4) is 0 Å². The van der Waals surface area contributed by atoms with E-state index < -0.39 is 0 Å². The van der Waals surface area contributed by atoms with E-state index in [4.69, 9.17) is 4.74 Å². The lowest BCUT2D eigenvalue weighted by Gasteiger charge is -2.16. The summed E-state index contributed by atoms with van der Waals surface area (Å²) in [6.45, 7) is 2.21. The average Bonchev–Trinajstić information content (AvgIpc) is 2.43. The maximum atomic E-state index is 11.1. The Kier molecular flexibility index (Phi) is 2.38. The fourth-order valence-corrected chi connectivity index (χ4v) is 2.24. The topological polar surface area (TPSA) is 26.3 Å². The van der Waals surface area contributed by atoms with E-state index in [1.165, 1.54) is 31.3 Å². The third-order valence-electron chi connectivity index (χ3n) is 3.07. The molecule has 1 aliphatic carbocycles. The molecule has 0 aromatic rings. The standard InChI is InChI=1S/C11H16O2/c1-8-5-3-2-4-6-10-9(8)7-11(12)13-10/h8H,2-7H2,1H3. The van der Waals surface area contributed by atoms with Gasteiger partial charge < -0.3 is 4.74 Å². The average molecular weight is 180 g/mol. The van der Waals surface area contributed by atoms with Crippen LogP contribution in [0.1, 0.15) is 45.4 Å². The van der Waals surface area contributed by atoms with Crippen molar-refractivity contribution < 1.29 is 9.53 Å². The van der Waals surface area contributed by atoms with Gasteiger partial charge in [0.15, 0.2) is 0 Å². The van der Waals surface area contributed by atoms with E-state index in [1.807, 2.05) is 0 Å². The minimum absolute atomic E-state index is 0.0428. The molecule has 1 heterocycles. The molecule has 0 bridgehead atoms. The monoisotopic (exact) mass is 180 g/mol. The molecular formula is C11H16O2. The number of rotatable bonds is 0. The molecule has 0 N–H and O–H groups in total. The molecule has 1 atom stereocenters. The third kappa shape index (κ3) is 1.77. The van der Waals surface area contributed by atoms with Crippen molar-refractivity contribution in [1.29, 1.82) is 0 Å². The normalized spacial score (nSPS) is 29.3. The summed E-state index contributed by atoms with van der Waals surface area (Å²) in [5.41, 5.74) is 1.28. The van der Waals surface area contributed by atoms with Gasteiger partial charge >= 0.3 is 5.97 Å². The first kappa shape index (κ1) is 8.79. The maximum Gasteiger partial charge on any atom is 0.315 e. The van der Waals surface area contributed by atoms with Crippen molar-refractivity contribution in [3.63, 3.8) is 0 Å². The van der Waals surface area contributed by atoms with Crippen LogP contribution in [0.3, 0.4) is 0 Å². The molecule has 0 saturated carbocycles. The van der Waals surface area contributed by atoms with Gasteiger partial charge in [0.25, 0.3) is 0 Å². The van der Waals surface area contributed by atoms with E-state index in [1.54, 1.807) is 0 Å². The Labute approximate surface area is 79.0 Å². The first-order valence-electron chi connectivity index (χ1n) is 5.20. The lowest BCUT2D eigenvalue weighted by molar-refractivity contribution is -0.136. The van der Waals surface area contributed by atoms with Crippen molar-refractivity contribution in [1.82, 2.24) is 0 Å². The molecule has 0 fully saturated rings. The third-order valence-corrected chi connectivity index (χ3v) is 3.07. The highest BCUT2D eigenvalue weighted by Gasteiger charge is 2.27. The largest absolute Gasteiger partial charge is 0.431 e. The summed E-state index contributed by atoms with van der Waals surface area (Å²) in [5.74, 6) is 1.51. The fourth-order valence-electron chi connectivity index (χ4n) is 2.24. The van der Waals surface area contributed by atoms with E-state index in [2.05, 4.69) is 6.92 Å². The van der Waals surface area contributed by atoms with E-state index in [-0.39, 0.29) is 5.97 Å². The highest BCUT2D eigenvalue weighted by Crippen LogP contribution is 2.34. The molecule has 1 aliphatic heterocycles. The smallest absolute Gasteiger partial charge is 0.315 e. The molecular weight excluding hydrogens is 164 g/mol. The zero-order valence-corrected chi connectivity index (χ0v) is 8.14. The van der Waals surface area contributed by atoms with Gasteiger partial charge in [-0.2, -0.15) is 0 Å². The van der Waals surface area contributed by atoms with Crippen LogP contribution in [0.5, 0.6) is 0 Å². The van der Waals surface area contributed by atoms with Crippen LogP contribution in [0, 0.1) is 5.92 Å². The van der Waals surface area contributed by atoms with Crippen LogP contribution < -0.4 is 0 Å². The Bertz CT molecular complexity index is 253. The number of hydrogen-bond donors (Lipinski definition) is 0. The van der Waals surface area contributed by atoms with Gasteiger partial charge in [0.2, 0.25) is 0 Å². The quantitative estimate of drug-likeness (QED) is 0.536. The molecule has 1 unspecified atom stereocenters. The maximum absolute atomic E-state index is 11.1. The molecule has 0 saturated heterocycles. The van der Waals surface area contributed by atoms with E-state index >= 15 is 0 Å². The minimum atomic E-state index is -0.0428. The Hall–Kier alpha value is -0.790. The number of esters is 1. The second-order valence-corrected chi connectivity index (χ2v) is 4.10. The predicted molar refractivity (Wildman–Crippen MR) is 50.0 cm³/mol. The molecule has 2 heteroatoms. The van der Waals surface area contributed by atoms with Crippen LogP contribution in [-0.4, -0.2) is 5.97 Å². The van der Waals surface area contributed by atoms with Gasteiger partial charge in [0.1, 0.15) is 5.76 Å². The molecule has 0 spiro atoms. The van der Waals surface area contributed by atoms with E-state index in [0.29, 0.717) is 12.3 Å². The van der Waals surface area contributed by atoms with Crippen molar-refractivity contribution in [2.24, 2.45) is 5.92 Å². The Balaban J connectivity index is 2.18. The van der Waals surface area contributed by atoms with Crippen molar-refractivity contribution in [2.45, 2.75) is 45.4 Å². The lowest BCUT2D eigenvalue weighted by atomic mass is 9.89. The van der Waals surface area contributed by atoms with Crippen LogP contribution in [0.2, 0.25) is 0 Å². The zero-order chi connectivity index (χ0) is 9.26. The number of allylic oxidation sites excluding steroid dienone is 1. The fraction of sp³-hybridized carbons (Fsp3) is 0.727. The van der Waals surface area contributed by atoms with Crippen LogP contribution in [-0.2, 0) is 9.53 Å². The highest BCUT2D eigenvalue weighted by atomic mass is 16.5. The van der Waals surface area contributed by atoms with Crippen LogP contribution in [0.25, 0.3) is 0 Å². The summed E-state index contributed by atoms with van der Waals surface area (Å²) in [6, 6.07) is 0. The molecule has 0 amide bonds. The van der Waals surface area contributed by atoms with Gasteiger partial charge in [0.05, 0.1) is 6.42 Å². The number of ether oxygens (including phenoxy) is 1. The lowest BCUT2D eigenvalue weighted by Crippen LogP contribution is -2.03. The SMILES string of the molecule is CC1CCCCCC2=C1CC(=O)O2. The predicted octanol–water partition coefficient (Wildman–Crippen LogP) is 2.79. The summed E-state index contributed by atoms with van der Waals surface area (Å²) in [4.78, 5) is 11.1. The summed E-state index contributed by atoms with van der Waals surface area (Å²) >= 11 is 0. The number of carbonyl (C=O) groups is 1. The molecule has 0 radical (unpaired) electrons. The Morgan fingerprint density at radius 1 is 1.31 bits per heavy atom. The molecule has 0 aromatic carbocycles. The number of carbonyl (C=O) groups excluding carboxylic acids is 1. The molecule has 0 aromatic heterocycles. The summed E-state index contributed by atoms with van der Waals surface area (Å²) in [6.07, 6.45) is 6.50. The van der Waals surface area contributed by atoms with Crippen LogP contribution in [0.15, 0.2) is 11.3 Å². The second-order valence-electron chi connectivity index (χ2n) is 4.10. The molecule has 2 rings (SSSR count). The van der Waals surface area contributed by atoms with E-state index in [9.17, 15) is 4.79 Å².